The Morgan fingerprint density at radius 3 is 0.776 bits per heavy atom. The quantitative estimate of drug-likeness (QED) is 0.0536. The SMILES string of the molecule is CCCCCCCCCCCCCCCCCCCCCCCCCCCCCCCCCC(O)C(CO)NC(=O)CCCCCCCCCCCCCCCCC. The van der Waals surface area contributed by atoms with E-state index in [1.165, 1.54) is 270 Å². The van der Waals surface area contributed by atoms with Gasteiger partial charge in [-0.05, 0) is 12.8 Å². The third-order valence-corrected chi connectivity index (χ3v) is 13.1. The van der Waals surface area contributed by atoms with E-state index < -0.39 is 12.1 Å². The normalized spacial score (nSPS) is 12.7. The lowest BCUT2D eigenvalue weighted by Crippen LogP contribution is -2.45. The van der Waals surface area contributed by atoms with Crippen molar-refractivity contribution in [2.24, 2.45) is 0 Å². The van der Waals surface area contributed by atoms with Crippen molar-refractivity contribution < 1.29 is 15.0 Å². The highest BCUT2D eigenvalue weighted by atomic mass is 16.3. The second kappa shape index (κ2) is 50.7. The highest BCUT2D eigenvalue weighted by molar-refractivity contribution is 5.76. The Balaban J connectivity index is 3.37. The summed E-state index contributed by atoms with van der Waals surface area (Å²) in [7, 11) is 0. The van der Waals surface area contributed by atoms with E-state index in [9.17, 15) is 15.0 Å². The first-order chi connectivity index (χ1) is 28.7. The Morgan fingerprint density at radius 1 is 0.345 bits per heavy atom. The zero-order valence-electron chi connectivity index (χ0n) is 40.1. The number of hydrogen-bond donors (Lipinski definition) is 3. The van der Waals surface area contributed by atoms with E-state index in [1.54, 1.807) is 0 Å². The molecule has 0 rings (SSSR count). The van der Waals surface area contributed by atoms with Gasteiger partial charge in [-0.2, -0.15) is 0 Å². The maximum Gasteiger partial charge on any atom is 0.220 e. The molecule has 2 unspecified atom stereocenters. The molecule has 0 radical (unpaired) electrons. The number of hydrogen-bond acceptors (Lipinski definition) is 3. The average Bonchev–Trinajstić information content (AvgIpc) is 3.23. The van der Waals surface area contributed by atoms with Gasteiger partial charge in [-0.3, -0.25) is 4.79 Å². The van der Waals surface area contributed by atoms with Crippen LogP contribution in [0, 0.1) is 0 Å². The summed E-state index contributed by atoms with van der Waals surface area (Å²) in [5.41, 5.74) is 0. The number of carbonyl (C=O) groups excluding carboxylic acids is 1. The molecule has 4 nitrogen and oxygen atoms in total. The van der Waals surface area contributed by atoms with Gasteiger partial charge in [0.05, 0.1) is 18.8 Å². The first-order valence-corrected chi connectivity index (χ1v) is 27.2. The van der Waals surface area contributed by atoms with Crippen LogP contribution < -0.4 is 5.32 Å². The molecule has 0 bridgehead atoms. The molecule has 0 aromatic rings. The molecule has 0 aromatic carbocycles. The Labute approximate surface area is 365 Å². The van der Waals surface area contributed by atoms with E-state index in [0.717, 1.165) is 25.7 Å². The second-order valence-corrected chi connectivity index (χ2v) is 19.0. The highest BCUT2D eigenvalue weighted by Crippen LogP contribution is 2.18. The van der Waals surface area contributed by atoms with Crippen molar-refractivity contribution in [1.29, 1.82) is 0 Å². The van der Waals surface area contributed by atoms with Crippen LogP contribution in [0.25, 0.3) is 0 Å². The molecule has 0 saturated heterocycles. The van der Waals surface area contributed by atoms with Crippen LogP contribution in [0.3, 0.4) is 0 Å². The van der Waals surface area contributed by atoms with Gasteiger partial charge >= 0.3 is 0 Å². The van der Waals surface area contributed by atoms with Crippen molar-refractivity contribution in [2.75, 3.05) is 6.61 Å². The summed E-state index contributed by atoms with van der Waals surface area (Å²) in [5, 5.41) is 23.3. The number of aliphatic hydroxyl groups excluding tert-OH is 2. The number of nitrogens with one attached hydrogen (secondary N) is 1. The molecule has 0 aliphatic heterocycles. The largest absolute Gasteiger partial charge is 0.394 e. The third kappa shape index (κ3) is 46.5. The number of carbonyl (C=O) groups is 1. The van der Waals surface area contributed by atoms with Crippen LogP contribution in [-0.4, -0.2) is 34.9 Å². The fourth-order valence-electron chi connectivity index (χ4n) is 8.95. The molecule has 4 heteroatoms. The predicted molar refractivity (Wildman–Crippen MR) is 258 cm³/mol. The lowest BCUT2D eigenvalue weighted by atomic mass is 10.0. The van der Waals surface area contributed by atoms with Crippen molar-refractivity contribution in [1.82, 2.24) is 5.32 Å². The molecule has 0 fully saturated rings. The number of unbranched alkanes of at least 4 members (excludes halogenated alkanes) is 44. The van der Waals surface area contributed by atoms with Crippen LogP contribution in [0.2, 0.25) is 0 Å². The third-order valence-electron chi connectivity index (χ3n) is 13.1. The topological polar surface area (TPSA) is 69.6 Å². The lowest BCUT2D eigenvalue weighted by Gasteiger charge is -2.22. The van der Waals surface area contributed by atoms with Crippen molar-refractivity contribution in [3.05, 3.63) is 0 Å². The fourth-order valence-corrected chi connectivity index (χ4v) is 8.95. The molecule has 58 heavy (non-hydrogen) atoms. The molecule has 0 saturated carbocycles. The summed E-state index contributed by atoms with van der Waals surface area (Å²) >= 11 is 0. The molecule has 0 aliphatic carbocycles. The first kappa shape index (κ1) is 57.4. The maximum atomic E-state index is 12.4. The summed E-state index contributed by atoms with van der Waals surface area (Å²) in [5.74, 6) is -0.0244. The van der Waals surface area contributed by atoms with Gasteiger partial charge in [-0.15, -0.1) is 0 Å². The lowest BCUT2D eigenvalue weighted by molar-refractivity contribution is -0.123. The van der Waals surface area contributed by atoms with Crippen LogP contribution in [0.5, 0.6) is 0 Å². The molecule has 3 N–H and O–H groups in total. The van der Waals surface area contributed by atoms with E-state index in [1.807, 2.05) is 0 Å². The van der Waals surface area contributed by atoms with Gasteiger partial charge in [0, 0.05) is 6.42 Å². The number of rotatable bonds is 51. The summed E-state index contributed by atoms with van der Waals surface area (Å²) in [6.45, 7) is 4.40. The van der Waals surface area contributed by atoms with E-state index in [0.29, 0.717) is 12.8 Å². The van der Waals surface area contributed by atoms with E-state index >= 15 is 0 Å². The fraction of sp³-hybridized carbons (Fsp3) is 0.981. The van der Waals surface area contributed by atoms with Gasteiger partial charge in [0.25, 0.3) is 0 Å². The summed E-state index contributed by atoms with van der Waals surface area (Å²) in [6.07, 6.45) is 63.8. The van der Waals surface area contributed by atoms with E-state index in [2.05, 4.69) is 19.2 Å². The maximum absolute atomic E-state index is 12.4. The molecular formula is C54H109NO3. The van der Waals surface area contributed by atoms with Crippen LogP contribution in [0.4, 0.5) is 0 Å². The van der Waals surface area contributed by atoms with Gasteiger partial charge < -0.3 is 15.5 Å². The Morgan fingerprint density at radius 2 is 0.552 bits per heavy atom. The van der Waals surface area contributed by atoms with Crippen LogP contribution in [-0.2, 0) is 4.79 Å². The van der Waals surface area contributed by atoms with Crippen LogP contribution >= 0.6 is 0 Å². The van der Waals surface area contributed by atoms with Gasteiger partial charge in [0.1, 0.15) is 0 Å². The van der Waals surface area contributed by atoms with Crippen molar-refractivity contribution in [3.63, 3.8) is 0 Å². The molecule has 1 amide bonds. The molecule has 0 spiro atoms. The van der Waals surface area contributed by atoms with E-state index in [4.69, 9.17) is 0 Å². The molecule has 0 aromatic heterocycles. The monoisotopic (exact) mass is 820 g/mol. The molecule has 348 valence electrons. The van der Waals surface area contributed by atoms with Gasteiger partial charge in [-0.1, -0.05) is 303 Å². The molecule has 0 aliphatic rings. The minimum atomic E-state index is -0.654. The van der Waals surface area contributed by atoms with Gasteiger partial charge in [-0.25, -0.2) is 0 Å². The molecule has 2 atom stereocenters. The summed E-state index contributed by atoms with van der Waals surface area (Å²) < 4.78 is 0. The zero-order chi connectivity index (χ0) is 42.1. The number of amides is 1. The zero-order valence-corrected chi connectivity index (χ0v) is 40.1. The van der Waals surface area contributed by atoms with E-state index in [-0.39, 0.29) is 12.5 Å². The highest BCUT2D eigenvalue weighted by Gasteiger charge is 2.20. The van der Waals surface area contributed by atoms with Gasteiger partial charge in [0.15, 0.2) is 0 Å². The second-order valence-electron chi connectivity index (χ2n) is 19.0. The van der Waals surface area contributed by atoms with Crippen LogP contribution in [0.15, 0.2) is 0 Å². The van der Waals surface area contributed by atoms with Crippen LogP contribution in [0.1, 0.15) is 322 Å². The van der Waals surface area contributed by atoms with Crippen molar-refractivity contribution >= 4 is 5.91 Å². The summed E-state index contributed by atoms with van der Waals surface area (Å²) in [4.78, 5) is 12.4. The Kier molecular flexibility index (Phi) is 50.2. The average molecular weight is 820 g/mol. The van der Waals surface area contributed by atoms with Crippen molar-refractivity contribution in [3.8, 4) is 0 Å². The molecule has 0 heterocycles. The molecular weight excluding hydrogens is 711 g/mol. The first-order valence-electron chi connectivity index (χ1n) is 27.2. The number of aliphatic hydroxyl groups is 2. The smallest absolute Gasteiger partial charge is 0.220 e. The predicted octanol–water partition coefficient (Wildman–Crippen LogP) is 17.6. The van der Waals surface area contributed by atoms with Gasteiger partial charge in [0.2, 0.25) is 5.91 Å². The minimum Gasteiger partial charge on any atom is -0.394 e. The standard InChI is InChI=1S/C54H109NO3/c1-3-5-7-9-11-13-15-17-19-20-21-22-23-24-25-26-27-28-29-30-31-32-33-34-36-37-39-41-43-45-47-49-53(57)52(51-56)55-54(58)50-48-46-44-42-40-38-35-18-16-14-12-10-8-6-4-2/h52-53,56-57H,3-51H2,1-2H3,(H,55,58). The summed E-state index contributed by atoms with van der Waals surface area (Å²) in [6, 6.07) is -0.530. The Bertz CT molecular complexity index is 759. The van der Waals surface area contributed by atoms with Crippen molar-refractivity contribution in [2.45, 2.75) is 334 Å². The minimum absolute atomic E-state index is 0.0244. The Hall–Kier alpha value is -0.610.